The fraction of sp³-hybridized carbons (Fsp3) is 0.500. The summed E-state index contributed by atoms with van der Waals surface area (Å²) in [6, 6.07) is 5.02. The second-order valence-electron chi connectivity index (χ2n) is 5.36. The predicted octanol–water partition coefficient (Wildman–Crippen LogP) is 2.46. The summed E-state index contributed by atoms with van der Waals surface area (Å²) in [6.45, 7) is 7.75. The van der Waals surface area contributed by atoms with Crippen LogP contribution in [0.1, 0.15) is 37.0 Å². The molecule has 0 radical (unpaired) electrons. The number of carboxylic acid groups (broad SMARTS) is 1. The van der Waals surface area contributed by atoms with Crippen LogP contribution < -0.4 is 5.32 Å². The third kappa shape index (κ3) is 4.37. The molecule has 0 unspecified atom stereocenters. The summed E-state index contributed by atoms with van der Waals surface area (Å²) < 4.78 is 0. The number of benzene rings is 1. The van der Waals surface area contributed by atoms with Gasteiger partial charge in [-0.15, -0.1) is 0 Å². The van der Waals surface area contributed by atoms with Crippen molar-refractivity contribution in [3.05, 3.63) is 34.9 Å². The largest absolute Gasteiger partial charge is 0.480 e. The van der Waals surface area contributed by atoms with Crippen LogP contribution in [-0.4, -0.2) is 23.0 Å². The van der Waals surface area contributed by atoms with Gasteiger partial charge in [0.05, 0.1) is 6.42 Å². The minimum absolute atomic E-state index is 0.0868. The molecule has 0 saturated heterocycles. The van der Waals surface area contributed by atoms with E-state index in [1.54, 1.807) is 0 Å². The lowest BCUT2D eigenvalue weighted by Crippen LogP contribution is -2.45. The van der Waals surface area contributed by atoms with E-state index in [9.17, 15) is 9.59 Å². The Labute approximate surface area is 120 Å². The van der Waals surface area contributed by atoms with Crippen LogP contribution in [0.15, 0.2) is 18.2 Å². The van der Waals surface area contributed by atoms with Gasteiger partial charge in [0.1, 0.15) is 6.04 Å². The molecule has 0 aliphatic heterocycles. The van der Waals surface area contributed by atoms with Gasteiger partial charge in [0.25, 0.3) is 0 Å². The Hall–Kier alpha value is -1.84. The normalized spacial score (nSPS) is 13.6. The van der Waals surface area contributed by atoms with Crippen LogP contribution >= 0.6 is 0 Å². The van der Waals surface area contributed by atoms with Gasteiger partial charge in [0.2, 0.25) is 5.91 Å². The smallest absolute Gasteiger partial charge is 0.326 e. The molecule has 0 aromatic heterocycles. The Morgan fingerprint density at radius 2 is 1.90 bits per heavy atom. The first kappa shape index (κ1) is 16.2. The van der Waals surface area contributed by atoms with E-state index in [-0.39, 0.29) is 18.2 Å². The van der Waals surface area contributed by atoms with Gasteiger partial charge >= 0.3 is 5.97 Å². The zero-order chi connectivity index (χ0) is 15.3. The van der Waals surface area contributed by atoms with Crippen molar-refractivity contribution in [2.75, 3.05) is 0 Å². The molecule has 0 bridgehead atoms. The second-order valence-corrected chi connectivity index (χ2v) is 5.36. The van der Waals surface area contributed by atoms with Crippen LogP contribution in [0.2, 0.25) is 0 Å². The molecular weight excluding hydrogens is 254 g/mol. The van der Waals surface area contributed by atoms with Gasteiger partial charge in [0.15, 0.2) is 0 Å². The molecule has 2 N–H and O–H groups in total. The van der Waals surface area contributed by atoms with Crippen molar-refractivity contribution in [2.24, 2.45) is 5.92 Å². The molecule has 0 fully saturated rings. The quantitative estimate of drug-likeness (QED) is 0.839. The van der Waals surface area contributed by atoms with Crippen molar-refractivity contribution < 1.29 is 14.7 Å². The number of aliphatic carboxylic acids is 1. The van der Waals surface area contributed by atoms with Gasteiger partial charge in [0, 0.05) is 0 Å². The molecule has 1 aromatic rings. The highest BCUT2D eigenvalue weighted by Crippen LogP contribution is 2.12. The van der Waals surface area contributed by atoms with Crippen LogP contribution in [0.25, 0.3) is 0 Å². The van der Waals surface area contributed by atoms with E-state index in [2.05, 4.69) is 5.32 Å². The number of amides is 1. The number of carbonyl (C=O) groups is 2. The van der Waals surface area contributed by atoms with Gasteiger partial charge in [-0.1, -0.05) is 38.5 Å². The number of hydrogen-bond acceptors (Lipinski definition) is 2. The standard InChI is InChI=1S/C16H23NO3/c1-5-10(2)15(16(19)20)17-14(18)9-13-7-6-11(3)12(4)8-13/h6-8,10,15H,5,9H2,1-4H3,(H,17,18)(H,19,20)/t10-,15-/m0/s1. The molecule has 110 valence electrons. The summed E-state index contributed by atoms with van der Waals surface area (Å²) in [5.74, 6) is -1.31. The number of nitrogens with one attached hydrogen (secondary N) is 1. The van der Waals surface area contributed by atoms with Crippen molar-refractivity contribution in [3.8, 4) is 0 Å². The minimum Gasteiger partial charge on any atom is -0.480 e. The monoisotopic (exact) mass is 277 g/mol. The maximum atomic E-state index is 12.0. The maximum Gasteiger partial charge on any atom is 0.326 e. The first-order valence-electron chi connectivity index (χ1n) is 6.93. The highest BCUT2D eigenvalue weighted by atomic mass is 16.4. The molecule has 4 nitrogen and oxygen atoms in total. The first-order valence-corrected chi connectivity index (χ1v) is 6.93. The van der Waals surface area contributed by atoms with Gasteiger partial charge in [-0.3, -0.25) is 4.79 Å². The summed E-state index contributed by atoms with van der Waals surface area (Å²) >= 11 is 0. The van der Waals surface area contributed by atoms with E-state index in [1.165, 1.54) is 5.56 Å². The van der Waals surface area contributed by atoms with E-state index in [0.29, 0.717) is 6.42 Å². The molecule has 2 atom stereocenters. The Morgan fingerprint density at radius 3 is 2.40 bits per heavy atom. The Balaban J connectivity index is 2.70. The van der Waals surface area contributed by atoms with E-state index in [0.717, 1.165) is 11.1 Å². The topological polar surface area (TPSA) is 66.4 Å². The molecule has 0 spiro atoms. The molecule has 0 saturated carbocycles. The maximum absolute atomic E-state index is 12.0. The zero-order valence-corrected chi connectivity index (χ0v) is 12.6. The fourth-order valence-electron chi connectivity index (χ4n) is 2.01. The highest BCUT2D eigenvalue weighted by Gasteiger charge is 2.25. The summed E-state index contributed by atoms with van der Waals surface area (Å²) in [5.41, 5.74) is 3.21. The van der Waals surface area contributed by atoms with Crippen LogP contribution in [0, 0.1) is 19.8 Å². The molecule has 4 heteroatoms. The van der Waals surface area contributed by atoms with Crippen LogP contribution in [0.4, 0.5) is 0 Å². The molecule has 1 rings (SSSR count). The second kappa shape index (κ2) is 7.08. The van der Waals surface area contributed by atoms with Gasteiger partial charge < -0.3 is 10.4 Å². The average molecular weight is 277 g/mol. The first-order chi connectivity index (χ1) is 9.35. The fourth-order valence-corrected chi connectivity index (χ4v) is 2.01. The van der Waals surface area contributed by atoms with E-state index >= 15 is 0 Å². The summed E-state index contributed by atoms with van der Waals surface area (Å²) in [7, 11) is 0. The number of aryl methyl sites for hydroxylation is 2. The van der Waals surface area contributed by atoms with E-state index in [1.807, 2.05) is 45.9 Å². The Bertz CT molecular complexity index is 496. The van der Waals surface area contributed by atoms with Gasteiger partial charge in [-0.25, -0.2) is 4.79 Å². The summed E-state index contributed by atoms with van der Waals surface area (Å²) in [5, 5.41) is 11.8. The lowest BCUT2D eigenvalue weighted by atomic mass is 9.98. The lowest BCUT2D eigenvalue weighted by molar-refractivity contribution is -0.143. The van der Waals surface area contributed by atoms with Crippen molar-refractivity contribution in [3.63, 3.8) is 0 Å². The number of rotatable bonds is 6. The molecule has 0 aliphatic carbocycles. The van der Waals surface area contributed by atoms with Crippen LogP contribution in [-0.2, 0) is 16.0 Å². The summed E-state index contributed by atoms with van der Waals surface area (Å²) in [4.78, 5) is 23.1. The molecule has 0 aliphatic rings. The van der Waals surface area contributed by atoms with Crippen molar-refractivity contribution >= 4 is 11.9 Å². The van der Waals surface area contributed by atoms with Crippen molar-refractivity contribution in [1.82, 2.24) is 5.32 Å². The van der Waals surface area contributed by atoms with E-state index < -0.39 is 12.0 Å². The number of hydrogen-bond donors (Lipinski definition) is 2. The molecule has 20 heavy (non-hydrogen) atoms. The molecule has 1 amide bonds. The predicted molar refractivity (Wildman–Crippen MR) is 78.6 cm³/mol. The van der Waals surface area contributed by atoms with E-state index in [4.69, 9.17) is 5.11 Å². The Kier molecular flexibility index (Phi) is 5.74. The minimum atomic E-state index is -0.979. The number of carboxylic acids is 1. The molecule has 1 aromatic carbocycles. The highest BCUT2D eigenvalue weighted by molar-refractivity contribution is 5.85. The van der Waals surface area contributed by atoms with Gasteiger partial charge in [-0.2, -0.15) is 0 Å². The third-order valence-electron chi connectivity index (χ3n) is 3.73. The number of carbonyl (C=O) groups excluding carboxylic acids is 1. The van der Waals surface area contributed by atoms with Gasteiger partial charge in [-0.05, 0) is 36.5 Å². The lowest BCUT2D eigenvalue weighted by Gasteiger charge is -2.20. The zero-order valence-electron chi connectivity index (χ0n) is 12.6. The Morgan fingerprint density at radius 1 is 1.25 bits per heavy atom. The molecule has 0 heterocycles. The SMILES string of the molecule is CC[C@H](C)[C@H](NC(=O)Cc1ccc(C)c(C)c1)C(=O)O. The average Bonchev–Trinajstić information content (AvgIpc) is 2.39. The van der Waals surface area contributed by atoms with Crippen molar-refractivity contribution in [2.45, 2.75) is 46.6 Å². The summed E-state index contributed by atoms with van der Waals surface area (Å²) in [6.07, 6.45) is 0.919. The van der Waals surface area contributed by atoms with Crippen LogP contribution in [0.3, 0.4) is 0 Å². The molecular formula is C16H23NO3. The van der Waals surface area contributed by atoms with Crippen LogP contribution in [0.5, 0.6) is 0 Å². The third-order valence-corrected chi connectivity index (χ3v) is 3.73. The van der Waals surface area contributed by atoms with Crippen molar-refractivity contribution in [1.29, 1.82) is 0 Å².